The second kappa shape index (κ2) is 6.03. The molecule has 5 nitrogen and oxygen atoms in total. The van der Waals surface area contributed by atoms with Gasteiger partial charge in [-0.2, -0.15) is 0 Å². The number of anilines is 1. The van der Waals surface area contributed by atoms with Crippen LogP contribution in [-0.4, -0.2) is 37.0 Å². The summed E-state index contributed by atoms with van der Waals surface area (Å²) in [5.74, 6) is 0.0514. The summed E-state index contributed by atoms with van der Waals surface area (Å²) in [6.07, 6.45) is 2.61. The highest BCUT2D eigenvalue weighted by Gasteiger charge is 2.42. The molecule has 3 rings (SSSR count). The monoisotopic (exact) mass is 308 g/mol. The molecule has 2 heterocycles. The van der Waals surface area contributed by atoms with E-state index in [1.165, 1.54) is 4.90 Å². The Morgan fingerprint density at radius 1 is 1.33 bits per heavy atom. The Kier molecular flexibility index (Phi) is 4.12. The van der Waals surface area contributed by atoms with Gasteiger partial charge in [0, 0.05) is 12.8 Å². The second-order valence-corrected chi connectivity index (χ2v) is 6.17. The van der Waals surface area contributed by atoms with E-state index in [0.29, 0.717) is 36.3 Å². The molecule has 2 aliphatic heterocycles. The highest BCUT2D eigenvalue weighted by molar-refractivity contribution is 6.33. The first-order valence-corrected chi connectivity index (χ1v) is 7.68. The lowest BCUT2D eigenvalue weighted by atomic mass is 10.1. The van der Waals surface area contributed by atoms with E-state index >= 15 is 0 Å². The van der Waals surface area contributed by atoms with Crippen LogP contribution in [0.25, 0.3) is 0 Å². The van der Waals surface area contributed by atoms with Crippen LogP contribution < -0.4 is 15.5 Å². The van der Waals surface area contributed by atoms with E-state index in [-0.39, 0.29) is 17.9 Å². The fourth-order valence-electron chi connectivity index (χ4n) is 3.34. The molecule has 0 spiro atoms. The lowest BCUT2D eigenvalue weighted by molar-refractivity contribution is -0.925. The van der Waals surface area contributed by atoms with Gasteiger partial charge in [0.05, 0.1) is 29.7 Å². The number of hydrogen-bond donors (Lipinski definition) is 3. The van der Waals surface area contributed by atoms with Crippen LogP contribution >= 0.6 is 11.6 Å². The van der Waals surface area contributed by atoms with Crippen molar-refractivity contribution in [1.29, 1.82) is 0 Å². The maximum Gasteiger partial charge on any atom is 0.279 e. The van der Waals surface area contributed by atoms with Crippen LogP contribution in [0.5, 0.6) is 0 Å². The molecule has 112 valence electrons. The van der Waals surface area contributed by atoms with Crippen molar-refractivity contribution >= 4 is 29.1 Å². The summed E-state index contributed by atoms with van der Waals surface area (Å²) in [6, 6.07) is 7.81. The van der Waals surface area contributed by atoms with Gasteiger partial charge in [-0.15, -0.1) is 0 Å². The van der Waals surface area contributed by atoms with Crippen LogP contribution in [0.4, 0.5) is 5.69 Å². The molecule has 1 aromatic rings. The number of benzene rings is 1. The number of fused-ring (bicyclic) bond motifs is 2. The van der Waals surface area contributed by atoms with E-state index in [9.17, 15) is 9.59 Å². The van der Waals surface area contributed by atoms with Gasteiger partial charge in [0.1, 0.15) is 6.04 Å². The summed E-state index contributed by atoms with van der Waals surface area (Å²) in [5.41, 5.74) is 0.639. The fourth-order valence-corrected chi connectivity index (χ4v) is 3.52. The Morgan fingerprint density at radius 2 is 2.10 bits per heavy atom. The molecule has 0 aliphatic carbocycles. The third-order valence-corrected chi connectivity index (χ3v) is 4.73. The van der Waals surface area contributed by atoms with Crippen molar-refractivity contribution in [1.82, 2.24) is 5.32 Å². The molecular weight excluding hydrogens is 290 g/mol. The van der Waals surface area contributed by atoms with Crippen LogP contribution in [-0.2, 0) is 9.59 Å². The van der Waals surface area contributed by atoms with Crippen LogP contribution in [0.15, 0.2) is 24.3 Å². The van der Waals surface area contributed by atoms with Crippen molar-refractivity contribution in [3.8, 4) is 0 Å². The number of hydrogen-bond acceptors (Lipinski definition) is 2. The first-order chi connectivity index (χ1) is 10.1. The summed E-state index contributed by atoms with van der Waals surface area (Å²) in [7, 11) is 0. The van der Waals surface area contributed by atoms with E-state index in [0.717, 1.165) is 12.8 Å². The van der Waals surface area contributed by atoms with Gasteiger partial charge in [-0.05, 0) is 12.1 Å². The molecule has 21 heavy (non-hydrogen) atoms. The SMILES string of the molecule is O=C1C[C@@H]2CC[C@H](CN1)[NH+]2CC(=O)Nc1ccccc1Cl. The van der Waals surface area contributed by atoms with Gasteiger partial charge in [0.2, 0.25) is 5.91 Å². The highest BCUT2D eigenvalue weighted by Crippen LogP contribution is 2.20. The molecule has 2 saturated heterocycles. The zero-order valence-electron chi connectivity index (χ0n) is 11.7. The molecule has 1 aromatic carbocycles. The Morgan fingerprint density at radius 3 is 2.90 bits per heavy atom. The Labute approximate surface area is 128 Å². The standard InChI is InChI=1S/C15H18ClN3O2/c16-12-3-1-2-4-13(12)18-15(21)9-19-10-5-6-11(19)8-17-14(20)7-10/h1-4,10-11H,5-9H2,(H,17,20)(H,18,21)/p+1/t10-,11+/m0/s1. The van der Waals surface area contributed by atoms with Crippen LogP contribution in [0.2, 0.25) is 5.02 Å². The van der Waals surface area contributed by atoms with E-state index in [1.54, 1.807) is 12.1 Å². The van der Waals surface area contributed by atoms with Gasteiger partial charge in [-0.25, -0.2) is 0 Å². The predicted octanol–water partition coefficient (Wildman–Crippen LogP) is 0.214. The number of carbonyl (C=O) groups is 2. The maximum atomic E-state index is 12.2. The summed E-state index contributed by atoms with van der Waals surface area (Å²) in [6.45, 7) is 1.06. The fraction of sp³-hybridized carbons (Fsp3) is 0.467. The number of nitrogens with one attached hydrogen (secondary N) is 3. The molecule has 3 N–H and O–H groups in total. The van der Waals surface area contributed by atoms with E-state index in [1.807, 2.05) is 12.1 Å². The van der Waals surface area contributed by atoms with Crippen molar-refractivity contribution in [2.45, 2.75) is 31.3 Å². The van der Waals surface area contributed by atoms with Crippen molar-refractivity contribution in [3.63, 3.8) is 0 Å². The van der Waals surface area contributed by atoms with E-state index < -0.39 is 0 Å². The first-order valence-electron chi connectivity index (χ1n) is 7.30. The van der Waals surface area contributed by atoms with Gasteiger partial charge < -0.3 is 15.5 Å². The van der Waals surface area contributed by atoms with Crippen LogP contribution in [0.1, 0.15) is 19.3 Å². The third kappa shape index (κ3) is 3.19. The van der Waals surface area contributed by atoms with Crippen molar-refractivity contribution < 1.29 is 14.5 Å². The van der Waals surface area contributed by atoms with Crippen molar-refractivity contribution in [2.24, 2.45) is 0 Å². The second-order valence-electron chi connectivity index (χ2n) is 5.76. The topological polar surface area (TPSA) is 62.6 Å². The number of amides is 2. The molecule has 1 unspecified atom stereocenters. The van der Waals surface area contributed by atoms with Crippen molar-refractivity contribution in [2.75, 3.05) is 18.4 Å². The first kappa shape index (κ1) is 14.4. The van der Waals surface area contributed by atoms with Gasteiger partial charge in [0.25, 0.3) is 5.91 Å². The zero-order chi connectivity index (χ0) is 14.8. The van der Waals surface area contributed by atoms with Gasteiger partial charge >= 0.3 is 0 Å². The Balaban J connectivity index is 1.65. The average molecular weight is 309 g/mol. The Bertz CT molecular complexity index is 564. The lowest BCUT2D eigenvalue weighted by Gasteiger charge is -2.23. The minimum Gasteiger partial charge on any atom is -0.350 e. The number of carbonyl (C=O) groups excluding carboxylic acids is 2. The molecule has 2 bridgehead atoms. The molecular formula is C15H19ClN3O2+. The van der Waals surface area contributed by atoms with E-state index in [2.05, 4.69) is 10.6 Å². The van der Waals surface area contributed by atoms with Gasteiger partial charge in [-0.1, -0.05) is 23.7 Å². The number of rotatable bonds is 3. The highest BCUT2D eigenvalue weighted by atomic mass is 35.5. The lowest BCUT2D eigenvalue weighted by Crippen LogP contribution is -3.18. The summed E-state index contributed by atoms with van der Waals surface area (Å²) < 4.78 is 0. The minimum absolute atomic E-state index is 0.0515. The molecule has 6 heteroatoms. The number of para-hydroxylation sites is 1. The Hall–Kier alpha value is -1.59. The number of quaternary nitrogens is 1. The van der Waals surface area contributed by atoms with Gasteiger partial charge in [-0.3, -0.25) is 9.59 Å². The molecule has 0 saturated carbocycles. The molecule has 2 amide bonds. The number of halogens is 1. The summed E-state index contributed by atoms with van der Waals surface area (Å²) in [5, 5.41) is 6.32. The summed E-state index contributed by atoms with van der Waals surface area (Å²) >= 11 is 6.05. The van der Waals surface area contributed by atoms with E-state index in [4.69, 9.17) is 11.6 Å². The third-order valence-electron chi connectivity index (χ3n) is 4.40. The summed E-state index contributed by atoms with van der Waals surface area (Å²) in [4.78, 5) is 25.1. The van der Waals surface area contributed by atoms with Gasteiger partial charge in [0.15, 0.2) is 6.54 Å². The molecule has 0 aromatic heterocycles. The molecule has 2 aliphatic rings. The smallest absolute Gasteiger partial charge is 0.279 e. The zero-order valence-corrected chi connectivity index (χ0v) is 12.5. The normalized spacial score (nSPS) is 27.9. The largest absolute Gasteiger partial charge is 0.350 e. The predicted molar refractivity (Wildman–Crippen MR) is 80.3 cm³/mol. The molecule has 0 radical (unpaired) electrons. The van der Waals surface area contributed by atoms with Crippen LogP contribution in [0.3, 0.4) is 0 Å². The average Bonchev–Trinajstić information content (AvgIpc) is 2.72. The molecule has 3 atom stereocenters. The van der Waals surface area contributed by atoms with Crippen molar-refractivity contribution in [3.05, 3.63) is 29.3 Å². The minimum atomic E-state index is -0.0515. The van der Waals surface area contributed by atoms with Crippen LogP contribution in [0, 0.1) is 0 Å². The maximum absolute atomic E-state index is 12.2. The quantitative estimate of drug-likeness (QED) is 0.748. The molecule has 2 fully saturated rings.